The maximum absolute atomic E-state index is 13.6. The Kier molecular flexibility index (Phi) is 5.33. The molecule has 2 heterocycles. The fourth-order valence-corrected chi connectivity index (χ4v) is 3.68. The van der Waals surface area contributed by atoms with Crippen LogP contribution in [0.4, 0.5) is 11.8 Å². The number of rotatable bonds is 5. The van der Waals surface area contributed by atoms with Crippen molar-refractivity contribution in [1.82, 2.24) is 14.5 Å². The summed E-state index contributed by atoms with van der Waals surface area (Å²) in [7, 11) is 0. The predicted octanol–water partition coefficient (Wildman–Crippen LogP) is 5.25. The lowest BCUT2D eigenvalue weighted by molar-refractivity contribution is 0.772. The number of benzene rings is 2. The molecule has 0 radical (unpaired) electrons. The molecule has 0 fully saturated rings. The van der Waals surface area contributed by atoms with Crippen molar-refractivity contribution >= 4 is 40.9 Å². The first-order chi connectivity index (χ1) is 14.5. The molecule has 0 aliphatic carbocycles. The first-order valence-corrected chi connectivity index (χ1v) is 9.84. The molecule has 30 heavy (non-hydrogen) atoms. The minimum absolute atomic E-state index is 0.0670. The van der Waals surface area contributed by atoms with Crippen LogP contribution in [0.2, 0.25) is 5.02 Å². The molecule has 0 bridgehead atoms. The highest BCUT2D eigenvalue weighted by Gasteiger charge is 2.18. The lowest BCUT2D eigenvalue weighted by Crippen LogP contribution is -2.26. The number of pyridine rings is 1. The number of hydrogen-bond acceptors (Lipinski definition) is 5. The first-order valence-electron chi connectivity index (χ1n) is 9.46. The van der Waals surface area contributed by atoms with Gasteiger partial charge in [-0.15, -0.1) is 0 Å². The molecule has 0 amide bonds. The highest BCUT2D eigenvalue weighted by molar-refractivity contribution is 6.32. The van der Waals surface area contributed by atoms with E-state index in [4.69, 9.17) is 11.6 Å². The molecule has 1 atom stereocenters. The molecule has 4 aromatic rings. The Morgan fingerprint density at radius 2 is 1.93 bits per heavy atom. The maximum Gasteiger partial charge on any atom is 0.263 e. The van der Waals surface area contributed by atoms with Gasteiger partial charge in [0.25, 0.3) is 11.5 Å². The third-order valence-electron chi connectivity index (χ3n) is 4.97. The van der Waals surface area contributed by atoms with E-state index in [0.29, 0.717) is 16.2 Å². The van der Waals surface area contributed by atoms with Crippen LogP contribution in [0.15, 0.2) is 70.6 Å². The number of nitrogens with one attached hydrogen (secondary N) is 1. The van der Waals surface area contributed by atoms with Gasteiger partial charge in [0.15, 0.2) is 5.82 Å². The average molecular weight is 418 g/mol. The summed E-state index contributed by atoms with van der Waals surface area (Å²) < 4.78 is 1.73. The summed E-state index contributed by atoms with van der Waals surface area (Å²) in [6.07, 6.45) is 1.47. The molecule has 0 spiro atoms. The van der Waals surface area contributed by atoms with E-state index in [2.05, 4.69) is 27.0 Å². The SMILES string of the molecule is C=Nc1ncc(Cl)c(NC(C)c2cc3cccc(C)c3c(=O)n2-c2ccccc2)n1. The Morgan fingerprint density at radius 3 is 2.67 bits per heavy atom. The van der Waals surface area contributed by atoms with Gasteiger partial charge in [-0.2, -0.15) is 4.98 Å². The second kappa shape index (κ2) is 8.08. The third kappa shape index (κ3) is 3.57. The molecule has 6 nitrogen and oxygen atoms in total. The van der Waals surface area contributed by atoms with E-state index in [-0.39, 0.29) is 17.5 Å². The zero-order chi connectivity index (χ0) is 21.3. The van der Waals surface area contributed by atoms with Crippen LogP contribution in [-0.4, -0.2) is 21.3 Å². The van der Waals surface area contributed by atoms with Crippen LogP contribution in [0.1, 0.15) is 24.2 Å². The van der Waals surface area contributed by atoms with Crippen LogP contribution in [0.5, 0.6) is 0 Å². The van der Waals surface area contributed by atoms with Gasteiger partial charge in [-0.3, -0.25) is 9.36 Å². The van der Waals surface area contributed by atoms with Crippen LogP contribution in [0.25, 0.3) is 16.5 Å². The summed E-state index contributed by atoms with van der Waals surface area (Å²) in [4.78, 5) is 25.6. The van der Waals surface area contributed by atoms with E-state index in [1.165, 1.54) is 6.20 Å². The first kappa shape index (κ1) is 19.8. The summed E-state index contributed by atoms with van der Waals surface area (Å²) in [5.41, 5.74) is 2.45. The van der Waals surface area contributed by atoms with E-state index in [0.717, 1.165) is 22.3 Å². The monoisotopic (exact) mass is 417 g/mol. The molecule has 1 unspecified atom stereocenters. The molecule has 0 aliphatic rings. The van der Waals surface area contributed by atoms with Crippen molar-refractivity contribution in [2.24, 2.45) is 4.99 Å². The molecule has 2 aromatic carbocycles. The van der Waals surface area contributed by atoms with Gasteiger partial charge in [0.05, 0.1) is 17.6 Å². The van der Waals surface area contributed by atoms with Crippen molar-refractivity contribution in [3.05, 3.63) is 87.4 Å². The number of hydrogen-bond donors (Lipinski definition) is 1. The Labute approximate surface area is 178 Å². The fourth-order valence-electron chi connectivity index (χ4n) is 3.53. The number of nitrogens with zero attached hydrogens (tertiary/aromatic N) is 4. The van der Waals surface area contributed by atoms with Crippen LogP contribution in [0, 0.1) is 6.92 Å². The minimum atomic E-state index is -0.284. The number of anilines is 1. The Morgan fingerprint density at radius 1 is 1.17 bits per heavy atom. The molecule has 1 N–H and O–H groups in total. The van der Waals surface area contributed by atoms with Crippen molar-refractivity contribution in [2.75, 3.05) is 5.32 Å². The van der Waals surface area contributed by atoms with Crippen LogP contribution >= 0.6 is 11.6 Å². The summed E-state index contributed by atoms with van der Waals surface area (Å²) in [5, 5.41) is 5.24. The van der Waals surface area contributed by atoms with E-state index < -0.39 is 0 Å². The molecular weight excluding hydrogens is 398 g/mol. The molecule has 150 valence electrons. The largest absolute Gasteiger partial charge is 0.361 e. The van der Waals surface area contributed by atoms with Gasteiger partial charge in [-0.05, 0) is 49.7 Å². The van der Waals surface area contributed by atoms with E-state index >= 15 is 0 Å². The molecular formula is C23H20ClN5O. The zero-order valence-corrected chi connectivity index (χ0v) is 17.4. The van der Waals surface area contributed by atoms with Gasteiger partial charge in [-0.1, -0.05) is 48.0 Å². The smallest absolute Gasteiger partial charge is 0.263 e. The van der Waals surface area contributed by atoms with E-state index in [9.17, 15) is 4.79 Å². The summed E-state index contributed by atoms with van der Waals surface area (Å²) >= 11 is 6.27. The molecule has 0 saturated carbocycles. The highest BCUT2D eigenvalue weighted by Crippen LogP contribution is 2.28. The van der Waals surface area contributed by atoms with E-state index in [1.54, 1.807) is 4.57 Å². The average Bonchev–Trinajstić information content (AvgIpc) is 2.75. The Bertz CT molecular complexity index is 1300. The van der Waals surface area contributed by atoms with Gasteiger partial charge < -0.3 is 5.32 Å². The standard InChI is InChI=1S/C23H20ClN5O/c1-14-8-7-9-16-12-19(15(2)27-21-18(24)13-26-23(25-3)28-21)29(22(30)20(14)16)17-10-5-4-6-11-17/h4-13,15H,3H2,1-2H3,(H,26,27,28). The summed E-state index contributed by atoms with van der Waals surface area (Å²) in [6.45, 7) is 7.36. The number of halogens is 1. The number of para-hydroxylation sites is 1. The van der Waals surface area contributed by atoms with Gasteiger partial charge in [0.1, 0.15) is 5.02 Å². The summed E-state index contributed by atoms with van der Waals surface area (Å²) in [5.74, 6) is 0.654. The molecule has 4 rings (SSSR count). The predicted molar refractivity (Wildman–Crippen MR) is 123 cm³/mol. The zero-order valence-electron chi connectivity index (χ0n) is 16.6. The lowest BCUT2D eigenvalue weighted by atomic mass is 10.0. The molecule has 0 saturated heterocycles. The number of aliphatic imine (C=N–C) groups is 1. The highest BCUT2D eigenvalue weighted by atomic mass is 35.5. The number of fused-ring (bicyclic) bond motifs is 1. The van der Waals surface area contributed by atoms with Gasteiger partial charge in [-0.25, -0.2) is 9.98 Å². The molecule has 7 heteroatoms. The van der Waals surface area contributed by atoms with Gasteiger partial charge in [0, 0.05) is 11.4 Å². The third-order valence-corrected chi connectivity index (χ3v) is 5.24. The Hall–Kier alpha value is -3.51. The quantitative estimate of drug-likeness (QED) is 0.450. The van der Waals surface area contributed by atoms with Crippen molar-refractivity contribution in [1.29, 1.82) is 0 Å². The van der Waals surface area contributed by atoms with Crippen LogP contribution in [0.3, 0.4) is 0 Å². The lowest BCUT2D eigenvalue weighted by Gasteiger charge is -2.22. The number of aromatic nitrogens is 3. The molecule has 0 aliphatic heterocycles. The van der Waals surface area contributed by atoms with E-state index in [1.807, 2.05) is 68.4 Å². The van der Waals surface area contributed by atoms with Gasteiger partial charge >= 0.3 is 0 Å². The van der Waals surface area contributed by atoms with Crippen LogP contribution < -0.4 is 10.9 Å². The van der Waals surface area contributed by atoms with Crippen LogP contribution in [-0.2, 0) is 0 Å². The maximum atomic E-state index is 13.6. The fraction of sp³-hybridized carbons (Fsp3) is 0.130. The van der Waals surface area contributed by atoms with Gasteiger partial charge in [0.2, 0.25) is 0 Å². The Balaban J connectivity index is 1.91. The molecule has 2 aromatic heterocycles. The second-order valence-electron chi connectivity index (χ2n) is 6.98. The van der Waals surface area contributed by atoms with Crippen molar-refractivity contribution in [2.45, 2.75) is 19.9 Å². The summed E-state index contributed by atoms with van der Waals surface area (Å²) in [6, 6.07) is 17.2. The van der Waals surface area contributed by atoms with Crippen molar-refractivity contribution in [3.8, 4) is 5.69 Å². The minimum Gasteiger partial charge on any atom is -0.361 e. The normalized spacial score (nSPS) is 12.0. The van der Waals surface area contributed by atoms with Crippen molar-refractivity contribution in [3.63, 3.8) is 0 Å². The second-order valence-corrected chi connectivity index (χ2v) is 7.38. The van der Waals surface area contributed by atoms with Crippen molar-refractivity contribution < 1.29 is 0 Å². The topological polar surface area (TPSA) is 72.2 Å². The number of aryl methyl sites for hydroxylation is 1.